The van der Waals surface area contributed by atoms with Gasteiger partial charge >= 0.3 is 6.03 Å². The van der Waals surface area contributed by atoms with Gasteiger partial charge in [-0.15, -0.1) is 0 Å². The number of hydrogen-bond acceptors (Lipinski definition) is 4. The summed E-state index contributed by atoms with van der Waals surface area (Å²) >= 11 is 0. The molecule has 1 saturated heterocycles. The highest BCUT2D eigenvalue weighted by Crippen LogP contribution is 2.45. The Balaban J connectivity index is 1.70. The maximum absolute atomic E-state index is 12.1. The van der Waals surface area contributed by atoms with Crippen LogP contribution in [-0.2, 0) is 12.0 Å². The highest BCUT2D eigenvalue weighted by molar-refractivity contribution is 5.87. The largest absolute Gasteiger partial charge is 0.497 e. The molecule has 2 amide bonds. The Morgan fingerprint density at radius 3 is 2.82 bits per heavy atom. The molecule has 0 radical (unpaired) electrons. The van der Waals surface area contributed by atoms with Crippen molar-refractivity contribution in [1.29, 1.82) is 0 Å². The standard InChI is InChI=1S/C21H30N4O3/c1-3-8-24-12-18-19(16-5-4-15(28-2)11-17(16)23-18)21(13-24)6-9-25(10-7-21)20(27)22-14-26/h4-5,11,23,26H,3,6-10,12-14H2,1-2H3,(H,22,27). The van der Waals surface area contributed by atoms with E-state index < -0.39 is 0 Å². The van der Waals surface area contributed by atoms with E-state index in [1.54, 1.807) is 7.11 Å². The van der Waals surface area contributed by atoms with Crippen LogP contribution in [0.15, 0.2) is 18.2 Å². The van der Waals surface area contributed by atoms with Crippen molar-refractivity contribution < 1.29 is 14.6 Å². The third kappa shape index (κ3) is 3.22. The summed E-state index contributed by atoms with van der Waals surface area (Å²) in [6.45, 7) is 6.36. The second-order valence-electron chi connectivity index (χ2n) is 8.01. The number of likely N-dealkylation sites (tertiary alicyclic amines) is 1. The van der Waals surface area contributed by atoms with Crippen LogP contribution in [0.2, 0.25) is 0 Å². The van der Waals surface area contributed by atoms with Crippen LogP contribution in [0.3, 0.4) is 0 Å². The number of benzene rings is 1. The Labute approximate surface area is 165 Å². The predicted molar refractivity (Wildman–Crippen MR) is 109 cm³/mol. The molecule has 0 saturated carbocycles. The van der Waals surface area contributed by atoms with Gasteiger partial charge < -0.3 is 25.0 Å². The summed E-state index contributed by atoms with van der Waals surface area (Å²) in [4.78, 5) is 20.2. The fourth-order valence-electron chi connectivity index (χ4n) is 5.07. The van der Waals surface area contributed by atoms with Gasteiger partial charge in [0.1, 0.15) is 12.5 Å². The lowest BCUT2D eigenvalue weighted by molar-refractivity contribution is 0.105. The van der Waals surface area contributed by atoms with E-state index in [-0.39, 0.29) is 18.2 Å². The number of aliphatic hydroxyl groups excluding tert-OH is 1. The molecule has 1 aromatic heterocycles. The normalized spacial score (nSPS) is 19.0. The molecule has 1 spiro atoms. The van der Waals surface area contributed by atoms with Crippen LogP contribution in [0.25, 0.3) is 10.9 Å². The minimum absolute atomic E-state index is 0.0472. The number of fused-ring (bicyclic) bond motifs is 4. The van der Waals surface area contributed by atoms with Crippen LogP contribution in [0, 0.1) is 0 Å². The molecule has 3 heterocycles. The maximum atomic E-state index is 12.1. The molecule has 7 nitrogen and oxygen atoms in total. The van der Waals surface area contributed by atoms with Crippen molar-refractivity contribution in [2.24, 2.45) is 0 Å². The molecule has 1 aromatic carbocycles. The lowest BCUT2D eigenvalue weighted by Gasteiger charge is -2.47. The van der Waals surface area contributed by atoms with Gasteiger partial charge in [-0.05, 0) is 43.5 Å². The topological polar surface area (TPSA) is 80.8 Å². The SMILES string of the molecule is CCCN1Cc2[nH]c3cc(OC)ccc3c2C2(CCN(C(=O)NCO)CC2)C1. The fraction of sp³-hybridized carbons (Fsp3) is 0.571. The molecule has 0 unspecified atom stereocenters. The smallest absolute Gasteiger partial charge is 0.319 e. The number of hydrogen-bond donors (Lipinski definition) is 3. The minimum atomic E-state index is -0.320. The lowest BCUT2D eigenvalue weighted by Crippen LogP contribution is -2.54. The van der Waals surface area contributed by atoms with Crippen LogP contribution < -0.4 is 10.1 Å². The summed E-state index contributed by atoms with van der Waals surface area (Å²) in [5, 5.41) is 12.8. The van der Waals surface area contributed by atoms with E-state index in [0.29, 0.717) is 13.1 Å². The summed E-state index contributed by atoms with van der Waals surface area (Å²) in [6, 6.07) is 6.11. The van der Waals surface area contributed by atoms with E-state index in [1.165, 1.54) is 16.6 Å². The van der Waals surface area contributed by atoms with E-state index in [1.807, 2.05) is 11.0 Å². The van der Waals surface area contributed by atoms with Crippen molar-refractivity contribution in [2.75, 3.05) is 40.0 Å². The zero-order valence-electron chi connectivity index (χ0n) is 16.8. The van der Waals surface area contributed by atoms with Crippen molar-refractivity contribution in [3.8, 4) is 5.75 Å². The number of ether oxygens (including phenoxy) is 1. The number of aliphatic hydroxyl groups is 1. The molecule has 4 rings (SSSR count). The lowest BCUT2D eigenvalue weighted by atomic mass is 9.69. The number of rotatable bonds is 4. The van der Waals surface area contributed by atoms with Gasteiger partial charge in [0.2, 0.25) is 0 Å². The summed E-state index contributed by atoms with van der Waals surface area (Å²) in [6.07, 6.45) is 2.99. The van der Waals surface area contributed by atoms with E-state index in [2.05, 4.69) is 34.3 Å². The molecule has 152 valence electrons. The first kappa shape index (κ1) is 19.1. The van der Waals surface area contributed by atoms with E-state index >= 15 is 0 Å². The van der Waals surface area contributed by atoms with E-state index in [0.717, 1.165) is 50.2 Å². The minimum Gasteiger partial charge on any atom is -0.497 e. The van der Waals surface area contributed by atoms with Crippen molar-refractivity contribution in [1.82, 2.24) is 20.1 Å². The summed E-state index contributed by atoms with van der Waals surface area (Å²) < 4.78 is 5.41. The fourth-order valence-corrected chi connectivity index (χ4v) is 5.07. The number of H-pyrrole nitrogens is 1. The average Bonchev–Trinajstić information content (AvgIpc) is 3.07. The molecule has 0 bridgehead atoms. The Morgan fingerprint density at radius 1 is 1.36 bits per heavy atom. The Kier molecular flexibility index (Phi) is 5.21. The first-order chi connectivity index (χ1) is 13.6. The third-order valence-electron chi connectivity index (χ3n) is 6.30. The number of aromatic nitrogens is 1. The van der Waals surface area contributed by atoms with Crippen molar-refractivity contribution in [3.63, 3.8) is 0 Å². The quantitative estimate of drug-likeness (QED) is 0.705. The molecule has 2 aliphatic rings. The number of amides is 2. The Bertz CT molecular complexity index is 855. The van der Waals surface area contributed by atoms with Crippen molar-refractivity contribution in [3.05, 3.63) is 29.5 Å². The van der Waals surface area contributed by atoms with Crippen LogP contribution in [-0.4, -0.2) is 65.9 Å². The molecule has 1 fully saturated rings. The number of nitrogens with zero attached hydrogens (tertiary/aromatic N) is 2. The molecule has 2 aliphatic heterocycles. The van der Waals surface area contributed by atoms with Gasteiger partial charge in [-0.1, -0.05) is 6.92 Å². The number of aromatic amines is 1. The molecule has 0 aliphatic carbocycles. The summed E-state index contributed by atoms with van der Waals surface area (Å²) in [5.74, 6) is 0.862. The molecule has 2 aromatic rings. The number of urea groups is 1. The molecular weight excluding hydrogens is 356 g/mol. The maximum Gasteiger partial charge on any atom is 0.319 e. The van der Waals surface area contributed by atoms with Gasteiger partial charge in [0.25, 0.3) is 0 Å². The first-order valence-electron chi connectivity index (χ1n) is 10.2. The van der Waals surface area contributed by atoms with Gasteiger partial charge in [-0.2, -0.15) is 0 Å². The van der Waals surface area contributed by atoms with Gasteiger partial charge in [0, 0.05) is 54.3 Å². The van der Waals surface area contributed by atoms with Gasteiger partial charge in [0.15, 0.2) is 0 Å². The average molecular weight is 386 g/mol. The zero-order chi connectivity index (χ0) is 19.7. The van der Waals surface area contributed by atoms with Crippen LogP contribution in [0.4, 0.5) is 4.79 Å². The van der Waals surface area contributed by atoms with Crippen molar-refractivity contribution in [2.45, 2.75) is 38.1 Å². The highest BCUT2D eigenvalue weighted by atomic mass is 16.5. The summed E-state index contributed by atoms with van der Waals surface area (Å²) in [7, 11) is 1.70. The predicted octanol–water partition coefficient (Wildman–Crippen LogP) is 2.40. The number of methoxy groups -OCH3 is 1. The highest BCUT2D eigenvalue weighted by Gasteiger charge is 2.44. The Hall–Kier alpha value is -2.25. The van der Waals surface area contributed by atoms with E-state index in [4.69, 9.17) is 9.84 Å². The Morgan fingerprint density at radius 2 is 2.14 bits per heavy atom. The number of carbonyl (C=O) groups excluding carboxylic acids is 1. The number of nitrogens with one attached hydrogen (secondary N) is 2. The van der Waals surface area contributed by atoms with Crippen molar-refractivity contribution >= 4 is 16.9 Å². The molecular formula is C21H30N4O3. The van der Waals surface area contributed by atoms with Gasteiger partial charge in [-0.25, -0.2) is 4.79 Å². The molecule has 3 N–H and O–H groups in total. The molecule has 7 heteroatoms. The van der Waals surface area contributed by atoms with Crippen LogP contribution in [0.1, 0.15) is 37.4 Å². The monoisotopic (exact) mass is 386 g/mol. The van der Waals surface area contributed by atoms with Crippen LogP contribution >= 0.6 is 0 Å². The van der Waals surface area contributed by atoms with E-state index in [9.17, 15) is 4.79 Å². The summed E-state index contributed by atoms with van der Waals surface area (Å²) in [5.41, 5.74) is 3.91. The van der Waals surface area contributed by atoms with Crippen LogP contribution in [0.5, 0.6) is 5.75 Å². The molecule has 28 heavy (non-hydrogen) atoms. The third-order valence-corrected chi connectivity index (χ3v) is 6.30. The molecule has 0 atom stereocenters. The first-order valence-corrected chi connectivity index (χ1v) is 10.2. The number of piperidine rings is 1. The van der Waals surface area contributed by atoms with Gasteiger partial charge in [0.05, 0.1) is 7.11 Å². The number of carbonyl (C=O) groups is 1. The second kappa shape index (κ2) is 7.64. The van der Waals surface area contributed by atoms with Gasteiger partial charge in [-0.3, -0.25) is 4.90 Å². The zero-order valence-corrected chi connectivity index (χ0v) is 16.8. The second-order valence-corrected chi connectivity index (χ2v) is 8.01.